The van der Waals surface area contributed by atoms with Crippen LogP contribution in [0.2, 0.25) is 0 Å². The largest absolute Gasteiger partial charge is 0.493 e. The highest BCUT2D eigenvalue weighted by Gasteiger charge is 2.20. The normalized spacial score (nSPS) is 13.9. The van der Waals surface area contributed by atoms with Gasteiger partial charge in [-0.2, -0.15) is 0 Å². The Kier molecular flexibility index (Phi) is 5.40. The number of nitrogens with zero attached hydrogens (tertiary/aromatic N) is 3. The third kappa shape index (κ3) is 3.78. The van der Waals surface area contributed by atoms with Gasteiger partial charge in [0.1, 0.15) is 5.82 Å². The minimum atomic E-state index is -0.205. The number of aromatic nitrogens is 2. The van der Waals surface area contributed by atoms with Crippen molar-refractivity contribution in [2.45, 2.75) is 26.4 Å². The van der Waals surface area contributed by atoms with E-state index >= 15 is 0 Å². The Hall–Kier alpha value is -3.06. The molecule has 29 heavy (non-hydrogen) atoms. The zero-order valence-electron chi connectivity index (χ0n) is 17.1. The van der Waals surface area contributed by atoms with Gasteiger partial charge in [0.15, 0.2) is 11.5 Å². The van der Waals surface area contributed by atoms with Crippen LogP contribution in [0.15, 0.2) is 36.4 Å². The average Bonchev–Trinajstić information content (AvgIpc) is 3.10. The van der Waals surface area contributed by atoms with Crippen LogP contribution < -0.4 is 14.8 Å². The minimum absolute atomic E-state index is 0.205. The summed E-state index contributed by atoms with van der Waals surface area (Å²) in [6, 6.07) is 11.0. The van der Waals surface area contributed by atoms with E-state index in [1.165, 1.54) is 0 Å². The van der Waals surface area contributed by atoms with Gasteiger partial charge in [-0.3, -0.25) is 9.69 Å². The number of methoxy groups -OCH3 is 2. The fraction of sp³-hybridized carbons (Fsp3) is 0.364. The standard InChI is InChI=1S/C22H26N4O3/c1-4-9-25-10-11-26-18-7-6-16(13-17(18)24-21(26)14-25)23-22(27)15-5-8-19(28-2)20(12-15)29-3/h5-8,12-13H,4,9-11,14H2,1-3H3,(H,23,27). The van der Waals surface area contributed by atoms with Gasteiger partial charge in [-0.15, -0.1) is 0 Å². The van der Waals surface area contributed by atoms with Gasteiger partial charge in [0, 0.05) is 24.3 Å². The Morgan fingerprint density at radius 3 is 2.69 bits per heavy atom. The third-order valence-electron chi connectivity index (χ3n) is 5.28. The predicted octanol–water partition coefficient (Wildman–Crippen LogP) is 3.53. The summed E-state index contributed by atoms with van der Waals surface area (Å²) in [4.78, 5) is 19.9. The van der Waals surface area contributed by atoms with Crippen molar-refractivity contribution in [2.75, 3.05) is 32.6 Å². The molecule has 1 amide bonds. The first-order valence-electron chi connectivity index (χ1n) is 9.87. The maximum Gasteiger partial charge on any atom is 0.255 e. The fourth-order valence-corrected chi connectivity index (χ4v) is 3.84. The first-order chi connectivity index (χ1) is 14.1. The summed E-state index contributed by atoms with van der Waals surface area (Å²) in [5.74, 6) is 1.99. The number of imidazole rings is 1. The van der Waals surface area contributed by atoms with Gasteiger partial charge in [0.25, 0.3) is 5.91 Å². The molecule has 152 valence electrons. The van der Waals surface area contributed by atoms with E-state index in [0.717, 1.165) is 55.1 Å². The highest BCUT2D eigenvalue weighted by molar-refractivity contribution is 6.05. The van der Waals surface area contributed by atoms with Crippen LogP contribution in [-0.4, -0.2) is 47.7 Å². The Labute approximate surface area is 170 Å². The lowest BCUT2D eigenvalue weighted by Gasteiger charge is -2.27. The summed E-state index contributed by atoms with van der Waals surface area (Å²) in [7, 11) is 3.12. The summed E-state index contributed by atoms with van der Waals surface area (Å²) in [6.07, 6.45) is 1.15. The number of rotatable bonds is 6. The van der Waals surface area contributed by atoms with E-state index in [1.807, 2.05) is 18.2 Å². The van der Waals surface area contributed by atoms with Gasteiger partial charge in [0.2, 0.25) is 0 Å². The molecule has 7 heteroatoms. The van der Waals surface area contributed by atoms with Crippen LogP contribution in [0.5, 0.6) is 11.5 Å². The lowest BCUT2D eigenvalue weighted by Crippen LogP contribution is -2.34. The van der Waals surface area contributed by atoms with Gasteiger partial charge in [-0.25, -0.2) is 4.98 Å². The lowest BCUT2D eigenvalue weighted by atomic mass is 10.1. The highest BCUT2D eigenvalue weighted by Crippen LogP contribution is 2.28. The molecule has 1 N–H and O–H groups in total. The summed E-state index contributed by atoms with van der Waals surface area (Å²) >= 11 is 0. The zero-order valence-corrected chi connectivity index (χ0v) is 17.1. The number of fused-ring (bicyclic) bond motifs is 3. The van der Waals surface area contributed by atoms with E-state index in [2.05, 4.69) is 21.7 Å². The molecule has 7 nitrogen and oxygen atoms in total. The second-order valence-electron chi connectivity index (χ2n) is 7.18. The Bertz CT molecular complexity index is 1040. The van der Waals surface area contributed by atoms with Gasteiger partial charge in [0.05, 0.1) is 31.8 Å². The molecule has 3 aromatic rings. The Balaban J connectivity index is 1.55. The number of hydrogen-bond donors (Lipinski definition) is 1. The fourth-order valence-electron chi connectivity index (χ4n) is 3.84. The number of hydrogen-bond acceptors (Lipinski definition) is 5. The maximum atomic E-state index is 12.7. The summed E-state index contributed by atoms with van der Waals surface area (Å²) in [5, 5.41) is 2.95. The van der Waals surface area contributed by atoms with Crippen molar-refractivity contribution in [1.82, 2.24) is 14.5 Å². The smallest absolute Gasteiger partial charge is 0.255 e. The second-order valence-corrected chi connectivity index (χ2v) is 7.18. The molecule has 0 aliphatic carbocycles. The van der Waals surface area contributed by atoms with Crippen molar-refractivity contribution in [1.29, 1.82) is 0 Å². The molecule has 0 radical (unpaired) electrons. The molecular weight excluding hydrogens is 368 g/mol. The predicted molar refractivity (Wildman–Crippen MR) is 113 cm³/mol. The number of nitrogens with one attached hydrogen (secondary N) is 1. The van der Waals surface area contributed by atoms with E-state index in [-0.39, 0.29) is 5.91 Å². The van der Waals surface area contributed by atoms with E-state index in [1.54, 1.807) is 32.4 Å². The van der Waals surface area contributed by atoms with Crippen molar-refractivity contribution in [3.63, 3.8) is 0 Å². The van der Waals surface area contributed by atoms with Gasteiger partial charge >= 0.3 is 0 Å². The average molecular weight is 394 g/mol. The molecule has 2 heterocycles. The monoisotopic (exact) mass is 394 g/mol. The second kappa shape index (κ2) is 8.13. The van der Waals surface area contributed by atoms with Crippen LogP contribution in [0.4, 0.5) is 5.69 Å². The van der Waals surface area contributed by atoms with Crippen molar-refractivity contribution < 1.29 is 14.3 Å². The quantitative estimate of drug-likeness (QED) is 0.693. The first-order valence-corrected chi connectivity index (χ1v) is 9.87. The van der Waals surface area contributed by atoms with Crippen molar-refractivity contribution in [3.8, 4) is 11.5 Å². The van der Waals surface area contributed by atoms with Crippen molar-refractivity contribution in [2.24, 2.45) is 0 Å². The SMILES string of the molecule is CCCN1CCn2c(nc3cc(NC(=O)c4ccc(OC)c(OC)c4)ccc32)C1. The molecule has 0 atom stereocenters. The molecule has 4 rings (SSSR count). The number of benzene rings is 2. The topological polar surface area (TPSA) is 68.6 Å². The van der Waals surface area contributed by atoms with Crippen LogP contribution in [0.25, 0.3) is 11.0 Å². The molecular formula is C22H26N4O3. The van der Waals surface area contributed by atoms with Crippen LogP contribution in [0.3, 0.4) is 0 Å². The summed E-state index contributed by atoms with van der Waals surface area (Å²) < 4.78 is 12.8. The summed E-state index contributed by atoms with van der Waals surface area (Å²) in [5.41, 5.74) is 3.24. The minimum Gasteiger partial charge on any atom is -0.493 e. The molecule has 0 unspecified atom stereocenters. The van der Waals surface area contributed by atoms with E-state index < -0.39 is 0 Å². The molecule has 1 aliphatic heterocycles. The Morgan fingerprint density at radius 1 is 1.10 bits per heavy atom. The van der Waals surface area contributed by atoms with Gasteiger partial charge in [-0.1, -0.05) is 6.92 Å². The van der Waals surface area contributed by atoms with E-state index in [0.29, 0.717) is 17.1 Å². The van der Waals surface area contributed by atoms with Crippen LogP contribution >= 0.6 is 0 Å². The number of carbonyl (C=O) groups is 1. The van der Waals surface area contributed by atoms with Gasteiger partial charge < -0.3 is 19.4 Å². The molecule has 0 saturated heterocycles. The lowest BCUT2D eigenvalue weighted by molar-refractivity contribution is 0.102. The van der Waals surface area contributed by atoms with Crippen LogP contribution in [0, 0.1) is 0 Å². The first kappa shape index (κ1) is 19.3. The number of anilines is 1. The third-order valence-corrected chi connectivity index (χ3v) is 5.28. The van der Waals surface area contributed by atoms with E-state index in [4.69, 9.17) is 14.5 Å². The van der Waals surface area contributed by atoms with Crippen molar-refractivity contribution >= 4 is 22.6 Å². The molecule has 0 saturated carbocycles. The molecule has 2 aromatic carbocycles. The van der Waals surface area contributed by atoms with Crippen LogP contribution in [0.1, 0.15) is 29.5 Å². The van der Waals surface area contributed by atoms with Crippen LogP contribution in [-0.2, 0) is 13.1 Å². The molecule has 0 fully saturated rings. The van der Waals surface area contributed by atoms with Gasteiger partial charge in [-0.05, 0) is 49.4 Å². The number of carbonyl (C=O) groups excluding carboxylic acids is 1. The molecule has 0 spiro atoms. The highest BCUT2D eigenvalue weighted by atomic mass is 16.5. The zero-order chi connectivity index (χ0) is 20.4. The summed E-state index contributed by atoms with van der Waals surface area (Å²) in [6.45, 7) is 6.16. The van der Waals surface area contributed by atoms with Crippen molar-refractivity contribution in [3.05, 3.63) is 47.8 Å². The number of ether oxygens (including phenoxy) is 2. The van der Waals surface area contributed by atoms with E-state index in [9.17, 15) is 4.79 Å². The molecule has 1 aliphatic rings. The maximum absolute atomic E-state index is 12.7. The molecule has 1 aromatic heterocycles. The molecule has 0 bridgehead atoms. The Morgan fingerprint density at radius 2 is 1.93 bits per heavy atom. The number of amides is 1.